The van der Waals surface area contributed by atoms with Gasteiger partial charge in [0.1, 0.15) is 5.82 Å². The highest BCUT2D eigenvalue weighted by Gasteiger charge is 2.34. The third kappa shape index (κ3) is 4.44. The van der Waals surface area contributed by atoms with Gasteiger partial charge in [0.15, 0.2) is 0 Å². The lowest BCUT2D eigenvalue weighted by Crippen LogP contribution is -2.53. The number of hydrogen-bond acceptors (Lipinski definition) is 3. The number of anilines is 1. The molecule has 1 saturated carbocycles. The minimum atomic E-state index is -4.65. The van der Waals surface area contributed by atoms with Crippen LogP contribution in [0.2, 0.25) is 0 Å². The van der Waals surface area contributed by atoms with Crippen molar-refractivity contribution in [2.24, 2.45) is 5.73 Å². The van der Waals surface area contributed by atoms with E-state index in [1.54, 1.807) is 0 Å². The highest BCUT2D eigenvalue weighted by Crippen LogP contribution is 2.33. The van der Waals surface area contributed by atoms with Crippen molar-refractivity contribution in [3.05, 3.63) is 29.6 Å². The normalized spacial score (nSPS) is 26.0. The zero-order valence-electron chi connectivity index (χ0n) is 14.2. The van der Waals surface area contributed by atoms with Crippen LogP contribution in [0.5, 0.6) is 0 Å². The molecule has 3 rings (SSSR count). The van der Waals surface area contributed by atoms with Gasteiger partial charge in [0.2, 0.25) is 0 Å². The fraction of sp³-hybridized carbons (Fsp3) is 0.667. The zero-order chi connectivity index (χ0) is 18.0. The topological polar surface area (TPSA) is 41.3 Å². The van der Waals surface area contributed by atoms with E-state index in [2.05, 4.69) is 5.32 Å². The third-order valence-electron chi connectivity index (χ3n) is 5.39. The molecular formula is C18H25F4N3. The summed E-state index contributed by atoms with van der Waals surface area (Å²) in [6.07, 6.45) is 1.66. The van der Waals surface area contributed by atoms with Gasteiger partial charge in [-0.3, -0.25) is 0 Å². The fourth-order valence-electron chi connectivity index (χ4n) is 3.90. The van der Waals surface area contributed by atoms with Crippen LogP contribution < -0.4 is 16.0 Å². The maximum absolute atomic E-state index is 13.8. The van der Waals surface area contributed by atoms with E-state index in [0.717, 1.165) is 37.8 Å². The van der Waals surface area contributed by atoms with Crippen molar-refractivity contribution in [2.45, 2.75) is 62.8 Å². The van der Waals surface area contributed by atoms with Crippen molar-refractivity contribution in [2.75, 3.05) is 18.0 Å². The lowest BCUT2D eigenvalue weighted by molar-refractivity contribution is -0.139. The van der Waals surface area contributed by atoms with E-state index in [-0.39, 0.29) is 6.04 Å². The van der Waals surface area contributed by atoms with E-state index in [1.807, 2.05) is 4.90 Å². The van der Waals surface area contributed by atoms with Crippen molar-refractivity contribution < 1.29 is 17.6 Å². The standard InChI is InChI=1S/C18H25F4N3/c19-15-11-13(5-6-14(15)18(20,21)22)25-9-7-12(8-10-25)24-17-4-2-1-3-16(17)23/h5-6,11-12,16-17,24H,1-4,7-10,23H2/t16-,17-/m1/s1. The van der Waals surface area contributed by atoms with Crippen LogP contribution in [0.15, 0.2) is 18.2 Å². The monoisotopic (exact) mass is 359 g/mol. The minimum absolute atomic E-state index is 0.204. The Kier molecular flexibility index (Phi) is 5.53. The maximum atomic E-state index is 13.8. The molecule has 0 unspecified atom stereocenters. The Morgan fingerprint density at radius 3 is 2.32 bits per heavy atom. The average molecular weight is 359 g/mol. The average Bonchev–Trinajstić information content (AvgIpc) is 2.56. The number of alkyl halides is 3. The molecule has 0 aromatic heterocycles. The van der Waals surface area contributed by atoms with Crippen LogP contribution in [0, 0.1) is 5.82 Å². The minimum Gasteiger partial charge on any atom is -0.371 e. The van der Waals surface area contributed by atoms with Crippen LogP contribution in [-0.4, -0.2) is 31.2 Å². The van der Waals surface area contributed by atoms with Gasteiger partial charge in [0.25, 0.3) is 0 Å². The van der Waals surface area contributed by atoms with Gasteiger partial charge in [-0.25, -0.2) is 4.39 Å². The van der Waals surface area contributed by atoms with Crippen LogP contribution >= 0.6 is 0 Å². The molecule has 140 valence electrons. The molecular weight excluding hydrogens is 334 g/mol. The molecule has 1 aromatic carbocycles. The predicted molar refractivity (Wildman–Crippen MR) is 90.0 cm³/mol. The smallest absolute Gasteiger partial charge is 0.371 e. The Bertz CT molecular complexity index is 582. The summed E-state index contributed by atoms with van der Waals surface area (Å²) in [7, 11) is 0. The van der Waals surface area contributed by atoms with E-state index >= 15 is 0 Å². The van der Waals surface area contributed by atoms with Gasteiger partial charge in [-0.15, -0.1) is 0 Å². The lowest BCUT2D eigenvalue weighted by atomic mass is 9.89. The first-order chi connectivity index (χ1) is 11.8. The summed E-state index contributed by atoms with van der Waals surface area (Å²) in [6.45, 7) is 1.40. The Labute approximate surface area is 145 Å². The number of nitrogens with one attached hydrogen (secondary N) is 1. The summed E-state index contributed by atoms with van der Waals surface area (Å²) < 4.78 is 51.7. The summed E-state index contributed by atoms with van der Waals surface area (Å²) >= 11 is 0. The molecule has 1 aromatic rings. The quantitative estimate of drug-likeness (QED) is 0.809. The number of halogens is 4. The maximum Gasteiger partial charge on any atom is 0.419 e. The highest BCUT2D eigenvalue weighted by atomic mass is 19.4. The molecule has 0 amide bonds. The summed E-state index contributed by atoms with van der Waals surface area (Å²) in [6, 6.07) is 4.11. The first-order valence-corrected chi connectivity index (χ1v) is 8.98. The molecule has 7 heteroatoms. The molecule has 2 atom stereocenters. The second kappa shape index (κ2) is 7.50. The Balaban J connectivity index is 1.56. The number of nitrogens with two attached hydrogens (primary N) is 1. The van der Waals surface area contributed by atoms with Crippen LogP contribution in [0.25, 0.3) is 0 Å². The van der Waals surface area contributed by atoms with E-state index in [1.165, 1.54) is 18.9 Å². The Morgan fingerprint density at radius 2 is 1.72 bits per heavy atom. The summed E-state index contributed by atoms with van der Waals surface area (Å²) in [5.41, 5.74) is 5.48. The van der Waals surface area contributed by atoms with Crippen molar-refractivity contribution >= 4 is 5.69 Å². The zero-order valence-corrected chi connectivity index (χ0v) is 14.2. The van der Waals surface area contributed by atoms with Crippen LogP contribution in [0.3, 0.4) is 0 Å². The molecule has 1 aliphatic heterocycles. The van der Waals surface area contributed by atoms with Gasteiger partial charge in [-0.1, -0.05) is 12.8 Å². The number of nitrogens with zero attached hydrogens (tertiary/aromatic N) is 1. The van der Waals surface area contributed by atoms with Crippen molar-refractivity contribution in [3.8, 4) is 0 Å². The number of piperidine rings is 1. The molecule has 25 heavy (non-hydrogen) atoms. The predicted octanol–water partition coefficient (Wildman–Crippen LogP) is 3.67. The fourth-order valence-corrected chi connectivity index (χ4v) is 3.90. The van der Waals surface area contributed by atoms with Crippen molar-refractivity contribution in [3.63, 3.8) is 0 Å². The summed E-state index contributed by atoms with van der Waals surface area (Å²) in [5.74, 6) is -1.21. The molecule has 1 aliphatic carbocycles. The van der Waals surface area contributed by atoms with Crippen LogP contribution in [0.1, 0.15) is 44.1 Å². The number of hydrogen-bond donors (Lipinski definition) is 2. The largest absolute Gasteiger partial charge is 0.419 e. The third-order valence-corrected chi connectivity index (χ3v) is 5.39. The SMILES string of the molecule is N[C@@H]1CCCC[C@H]1NC1CCN(c2ccc(C(F)(F)F)c(F)c2)CC1. The van der Waals surface area contributed by atoms with Gasteiger partial charge in [-0.05, 0) is 43.9 Å². The van der Waals surface area contributed by atoms with Crippen LogP contribution in [0.4, 0.5) is 23.2 Å². The second-order valence-electron chi connectivity index (χ2n) is 7.14. The molecule has 0 spiro atoms. The first-order valence-electron chi connectivity index (χ1n) is 8.98. The number of benzene rings is 1. The van der Waals surface area contributed by atoms with Gasteiger partial charge >= 0.3 is 6.18 Å². The van der Waals surface area contributed by atoms with Gasteiger partial charge in [0, 0.05) is 36.9 Å². The molecule has 3 nitrogen and oxygen atoms in total. The van der Waals surface area contributed by atoms with Gasteiger partial charge in [0.05, 0.1) is 5.56 Å². The Hall–Kier alpha value is -1.34. The van der Waals surface area contributed by atoms with Crippen LogP contribution in [-0.2, 0) is 6.18 Å². The van der Waals surface area contributed by atoms with E-state index in [0.29, 0.717) is 30.9 Å². The van der Waals surface area contributed by atoms with E-state index < -0.39 is 17.6 Å². The highest BCUT2D eigenvalue weighted by molar-refractivity contribution is 5.49. The van der Waals surface area contributed by atoms with Gasteiger partial charge in [-0.2, -0.15) is 13.2 Å². The molecule has 1 heterocycles. The van der Waals surface area contributed by atoms with Gasteiger partial charge < -0.3 is 16.0 Å². The van der Waals surface area contributed by atoms with Crippen molar-refractivity contribution in [1.82, 2.24) is 5.32 Å². The summed E-state index contributed by atoms with van der Waals surface area (Å²) in [4.78, 5) is 1.95. The van der Waals surface area contributed by atoms with E-state index in [4.69, 9.17) is 5.73 Å². The molecule has 2 fully saturated rings. The molecule has 2 aliphatic rings. The second-order valence-corrected chi connectivity index (χ2v) is 7.14. The first kappa shape index (κ1) is 18.5. The molecule has 1 saturated heterocycles. The molecule has 0 bridgehead atoms. The Morgan fingerprint density at radius 1 is 1.04 bits per heavy atom. The lowest BCUT2D eigenvalue weighted by Gasteiger charge is -2.38. The van der Waals surface area contributed by atoms with Crippen molar-refractivity contribution in [1.29, 1.82) is 0 Å². The van der Waals surface area contributed by atoms with E-state index in [9.17, 15) is 17.6 Å². The molecule has 3 N–H and O–H groups in total. The molecule has 0 radical (unpaired) electrons. The summed E-state index contributed by atoms with van der Waals surface area (Å²) in [5, 5.41) is 3.65. The number of rotatable bonds is 3.